The number of rotatable bonds is 4. The van der Waals surface area contributed by atoms with Crippen LogP contribution < -0.4 is 11.1 Å². The normalized spacial score (nSPS) is 13.2. The van der Waals surface area contributed by atoms with Crippen molar-refractivity contribution in [2.75, 3.05) is 6.54 Å². The Morgan fingerprint density at radius 1 is 1.61 bits per heavy atom. The van der Waals surface area contributed by atoms with Gasteiger partial charge in [-0.3, -0.25) is 0 Å². The van der Waals surface area contributed by atoms with Crippen molar-refractivity contribution in [2.24, 2.45) is 5.73 Å². The molecule has 6 heteroatoms. The largest absolute Gasteiger partial charge is 0.444 e. The van der Waals surface area contributed by atoms with Gasteiger partial charge in [0.25, 0.3) is 0 Å². The standard InChI is InChI=1S/C12H19ClN2O2S/c1-12(2,3)17-11(16)15-9(6-14)4-8-5-10(13)18-7-8/h5,7,9H,4,6,14H2,1-3H3,(H,15,16). The highest BCUT2D eigenvalue weighted by molar-refractivity contribution is 7.14. The summed E-state index contributed by atoms with van der Waals surface area (Å²) in [6, 6.07) is 1.73. The lowest BCUT2D eigenvalue weighted by Gasteiger charge is -2.22. The van der Waals surface area contributed by atoms with Crippen LogP contribution in [-0.2, 0) is 11.2 Å². The van der Waals surface area contributed by atoms with Gasteiger partial charge in [0.05, 0.1) is 4.34 Å². The quantitative estimate of drug-likeness (QED) is 0.896. The Balaban J connectivity index is 2.49. The van der Waals surface area contributed by atoms with Crippen LogP contribution in [0.25, 0.3) is 0 Å². The summed E-state index contributed by atoms with van der Waals surface area (Å²) in [4.78, 5) is 11.6. The van der Waals surface area contributed by atoms with E-state index in [1.807, 2.05) is 32.2 Å². The zero-order chi connectivity index (χ0) is 13.8. The maximum Gasteiger partial charge on any atom is 0.407 e. The van der Waals surface area contributed by atoms with Gasteiger partial charge < -0.3 is 15.8 Å². The van der Waals surface area contributed by atoms with E-state index in [-0.39, 0.29) is 6.04 Å². The number of nitrogens with two attached hydrogens (primary N) is 1. The van der Waals surface area contributed by atoms with Crippen LogP contribution in [0.2, 0.25) is 4.34 Å². The lowest BCUT2D eigenvalue weighted by molar-refractivity contribution is 0.0506. The Labute approximate surface area is 116 Å². The predicted molar refractivity (Wildman–Crippen MR) is 75.2 cm³/mol. The number of hydrogen-bond acceptors (Lipinski definition) is 4. The Hall–Kier alpha value is -0.780. The number of halogens is 1. The fourth-order valence-corrected chi connectivity index (χ4v) is 2.33. The van der Waals surface area contributed by atoms with Crippen LogP contribution in [0.15, 0.2) is 11.4 Å². The summed E-state index contributed by atoms with van der Waals surface area (Å²) < 4.78 is 5.92. The van der Waals surface area contributed by atoms with Gasteiger partial charge in [-0.25, -0.2) is 4.79 Å². The SMILES string of the molecule is CC(C)(C)OC(=O)NC(CN)Cc1csc(Cl)c1. The van der Waals surface area contributed by atoms with Crippen molar-refractivity contribution in [3.05, 3.63) is 21.3 Å². The lowest BCUT2D eigenvalue weighted by atomic mass is 10.1. The molecular formula is C12H19ClN2O2S. The number of carbonyl (C=O) groups excluding carboxylic acids is 1. The molecule has 1 heterocycles. The molecule has 1 rings (SSSR count). The molecule has 0 aliphatic rings. The third-order valence-corrected chi connectivity index (χ3v) is 3.25. The minimum Gasteiger partial charge on any atom is -0.444 e. The molecular weight excluding hydrogens is 272 g/mol. The molecule has 1 unspecified atom stereocenters. The lowest BCUT2D eigenvalue weighted by Crippen LogP contribution is -2.44. The van der Waals surface area contributed by atoms with E-state index < -0.39 is 11.7 Å². The van der Waals surface area contributed by atoms with Gasteiger partial charge in [0.1, 0.15) is 5.60 Å². The van der Waals surface area contributed by atoms with Crippen molar-refractivity contribution in [1.82, 2.24) is 5.32 Å². The van der Waals surface area contributed by atoms with E-state index in [1.165, 1.54) is 11.3 Å². The average molecular weight is 291 g/mol. The van der Waals surface area contributed by atoms with Gasteiger partial charge in [0.2, 0.25) is 0 Å². The molecule has 1 aromatic rings. The molecule has 0 saturated heterocycles. The van der Waals surface area contributed by atoms with E-state index in [0.717, 1.165) is 9.90 Å². The van der Waals surface area contributed by atoms with E-state index in [9.17, 15) is 4.79 Å². The first-order valence-electron chi connectivity index (χ1n) is 5.72. The summed E-state index contributed by atoms with van der Waals surface area (Å²) in [5.74, 6) is 0. The molecule has 1 amide bonds. The number of ether oxygens (including phenoxy) is 1. The van der Waals surface area contributed by atoms with Crippen molar-refractivity contribution in [2.45, 2.75) is 38.8 Å². The monoisotopic (exact) mass is 290 g/mol. The van der Waals surface area contributed by atoms with E-state index in [2.05, 4.69) is 5.32 Å². The highest BCUT2D eigenvalue weighted by Crippen LogP contribution is 2.20. The number of carbonyl (C=O) groups is 1. The van der Waals surface area contributed by atoms with Crippen molar-refractivity contribution < 1.29 is 9.53 Å². The molecule has 0 saturated carbocycles. The maximum absolute atomic E-state index is 11.6. The summed E-state index contributed by atoms with van der Waals surface area (Å²) in [5, 5.41) is 4.72. The van der Waals surface area contributed by atoms with Crippen LogP contribution >= 0.6 is 22.9 Å². The molecule has 1 atom stereocenters. The number of hydrogen-bond donors (Lipinski definition) is 2. The maximum atomic E-state index is 11.6. The molecule has 18 heavy (non-hydrogen) atoms. The molecule has 0 radical (unpaired) electrons. The van der Waals surface area contributed by atoms with Gasteiger partial charge in [-0.2, -0.15) is 0 Å². The zero-order valence-electron chi connectivity index (χ0n) is 10.8. The molecule has 4 nitrogen and oxygen atoms in total. The van der Waals surface area contributed by atoms with Crippen LogP contribution in [0.4, 0.5) is 4.79 Å². The van der Waals surface area contributed by atoms with Gasteiger partial charge in [-0.05, 0) is 44.2 Å². The van der Waals surface area contributed by atoms with Crippen LogP contribution in [0.3, 0.4) is 0 Å². The van der Waals surface area contributed by atoms with Crippen molar-refractivity contribution >= 4 is 29.0 Å². The minimum atomic E-state index is -0.505. The Morgan fingerprint density at radius 2 is 2.28 bits per heavy atom. The van der Waals surface area contributed by atoms with E-state index in [4.69, 9.17) is 22.1 Å². The van der Waals surface area contributed by atoms with Gasteiger partial charge in [0, 0.05) is 12.6 Å². The summed E-state index contributed by atoms with van der Waals surface area (Å²) in [6.07, 6.45) is 0.207. The molecule has 0 spiro atoms. The first kappa shape index (κ1) is 15.3. The van der Waals surface area contributed by atoms with Crippen LogP contribution in [0.5, 0.6) is 0 Å². The van der Waals surface area contributed by atoms with Gasteiger partial charge in [-0.1, -0.05) is 11.6 Å². The highest BCUT2D eigenvalue weighted by atomic mass is 35.5. The summed E-state index contributed by atoms with van der Waals surface area (Å²) in [6.45, 7) is 5.82. The summed E-state index contributed by atoms with van der Waals surface area (Å²) >= 11 is 7.32. The molecule has 3 N–H and O–H groups in total. The summed E-state index contributed by atoms with van der Waals surface area (Å²) in [7, 11) is 0. The predicted octanol–water partition coefficient (Wildman–Crippen LogP) is 2.80. The zero-order valence-corrected chi connectivity index (χ0v) is 12.4. The van der Waals surface area contributed by atoms with Crippen LogP contribution in [0.1, 0.15) is 26.3 Å². The summed E-state index contributed by atoms with van der Waals surface area (Å²) in [5.41, 5.74) is 6.20. The second kappa shape index (κ2) is 6.41. The van der Waals surface area contributed by atoms with E-state index in [1.54, 1.807) is 0 Å². The number of nitrogens with one attached hydrogen (secondary N) is 1. The number of alkyl carbamates (subject to hydrolysis) is 1. The Morgan fingerprint density at radius 3 is 2.72 bits per heavy atom. The molecule has 0 aliphatic heterocycles. The van der Waals surface area contributed by atoms with Crippen molar-refractivity contribution in [3.8, 4) is 0 Å². The third kappa shape index (κ3) is 5.71. The van der Waals surface area contributed by atoms with Crippen molar-refractivity contribution in [1.29, 1.82) is 0 Å². The second-order valence-electron chi connectivity index (χ2n) is 5.04. The Bertz CT molecular complexity index is 401. The second-order valence-corrected chi connectivity index (χ2v) is 6.58. The van der Waals surface area contributed by atoms with Crippen molar-refractivity contribution in [3.63, 3.8) is 0 Å². The van der Waals surface area contributed by atoms with Gasteiger partial charge in [0.15, 0.2) is 0 Å². The fraction of sp³-hybridized carbons (Fsp3) is 0.583. The molecule has 1 aromatic heterocycles. The topological polar surface area (TPSA) is 64.3 Å². The molecule has 0 fully saturated rings. The average Bonchev–Trinajstić information content (AvgIpc) is 2.60. The first-order chi connectivity index (χ1) is 8.30. The Kier molecular flexibility index (Phi) is 5.44. The molecule has 0 aromatic carbocycles. The fourth-order valence-electron chi connectivity index (χ4n) is 1.40. The van der Waals surface area contributed by atoms with Crippen LogP contribution in [-0.4, -0.2) is 24.3 Å². The number of amides is 1. The molecule has 0 aliphatic carbocycles. The van der Waals surface area contributed by atoms with Gasteiger partial charge in [-0.15, -0.1) is 11.3 Å². The minimum absolute atomic E-state index is 0.148. The highest BCUT2D eigenvalue weighted by Gasteiger charge is 2.19. The molecule has 102 valence electrons. The number of thiophene rings is 1. The van der Waals surface area contributed by atoms with E-state index in [0.29, 0.717) is 13.0 Å². The van der Waals surface area contributed by atoms with Gasteiger partial charge >= 0.3 is 6.09 Å². The first-order valence-corrected chi connectivity index (χ1v) is 6.98. The van der Waals surface area contributed by atoms with Crippen LogP contribution in [0, 0.1) is 0 Å². The van der Waals surface area contributed by atoms with E-state index >= 15 is 0 Å². The smallest absolute Gasteiger partial charge is 0.407 e. The third-order valence-electron chi connectivity index (χ3n) is 2.11. The molecule has 0 bridgehead atoms.